The van der Waals surface area contributed by atoms with Crippen LogP contribution in [0.1, 0.15) is 23.6 Å². The number of halogens is 1. The maximum absolute atomic E-state index is 11.6. The summed E-state index contributed by atoms with van der Waals surface area (Å²) >= 11 is 3.48. The Labute approximate surface area is 114 Å². The minimum absolute atomic E-state index is 0.214. The third kappa shape index (κ3) is 1.90. The molecule has 96 valence electrons. The molecule has 3 rings (SSSR count). The normalized spacial score (nSPS) is 25.6. The minimum atomic E-state index is -0.214. The second-order valence-corrected chi connectivity index (χ2v) is 5.89. The van der Waals surface area contributed by atoms with Crippen LogP contribution in [-0.2, 0) is 11.2 Å². The second kappa shape index (κ2) is 4.53. The number of hydrogen-bond acceptors (Lipinski definition) is 3. The van der Waals surface area contributed by atoms with Crippen LogP contribution in [0.3, 0.4) is 0 Å². The van der Waals surface area contributed by atoms with E-state index in [9.17, 15) is 4.79 Å². The summed E-state index contributed by atoms with van der Waals surface area (Å²) in [5, 5.41) is 0. The zero-order valence-electron chi connectivity index (χ0n) is 10.2. The number of fused-ring (bicyclic) bond motifs is 3. The number of nitrogens with zero attached hydrogens (tertiary/aromatic N) is 2. The van der Waals surface area contributed by atoms with E-state index in [4.69, 9.17) is 4.74 Å². The maximum atomic E-state index is 11.6. The lowest BCUT2D eigenvalue weighted by molar-refractivity contribution is 0.131. The number of amides is 1. The predicted molar refractivity (Wildman–Crippen MR) is 70.5 cm³/mol. The zero-order valence-corrected chi connectivity index (χ0v) is 11.8. The number of pyridine rings is 1. The molecule has 0 spiro atoms. The molecule has 18 heavy (non-hydrogen) atoms. The van der Waals surface area contributed by atoms with Gasteiger partial charge in [-0.05, 0) is 46.3 Å². The highest BCUT2D eigenvalue weighted by Gasteiger charge is 2.40. The van der Waals surface area contributed by atoms with Gasteiger partial charge in [0.2, 0.25) is 0 Å². The first kappa shape index (κ1) is 12.0. The molecule has 2 heterocycles. The predicted octanol–water partition coefficient (Wildman–Crippen LogP) is 2.57. The summed E-state index contributed by atoms with van der Waals surface area (Å²) in [6, 6.07) is 2.15. The number of aryl methyl sites for hydroxylation is 1. The third-order valence-corrected chi connectivity index (χ3v) is 4.43. The fraction of sp³-hybridized carbons (Fsp3) is 0.538. The van der Waals surface area contributed by atoms with Gasteiger partial charge in [0, 0.05) is 35.4 Å². The van der Waals surface area contributed by atoms with Crippen LogP contribution in [0.25, 0.3) is 0 Å². The summed E-state index contributed by atoms with van der Waals surface area (Å²) < 4.78 is 5.83. The molecule has 0 N–H and O–H groups in total. The van der Waals surface area contributed by atoms with Crippen molar-refractivity contribution in [3.05, 3.63) is 28.0 Å². The van der Waals surface area contributed by atoms with Crippen molar-refractivity contribution in [2.45, 2.75) is 18.8 Å². The van der Waals surface area contributed by atoms with Gasteiger partial charge in [0.15, 0.2) is 0 Å². The molecule has 1 aromatic heterocycles. The van der Waals surface area contributed by atoms with Gasteiger partial charge >= 0.3 is 6.09 Å². The molecule has 1 aliphatic heterocycles. The van der Waals surface area contributed by atoms with Crippen molar-refractivity contribution in [2.24, 2.45) is 5.92 Å². The van der Waals surface area contributed by atoms with E-state index < -0.39 is 0 Å². The van der Waals surface area contributed by atoms with Crippen LogP contribution in [0.4, 0.5) is 4.79 Å². The van der Waals surface area contributed by atoms with E-state index in [1.165, 1.54) is 18.4 Å². The van der Waals surface area contributed by atoms with Crippen molar-refractivity contribution in [3.63, 3.8) is 0 Å². The molecule has 2 unspecified atom stereocenters. The van der Waals surface area contributed by atoms with Crippen LogP contribution in [0.2, 0.25) is 0 Å². The molecule has 1 saturated heterocycles. The van der Waals surface area contributed by atoms with Crippen molar-refractivity contribution in [3.8, 4) is 0 Å². The maximum Gasteiger partial charge on any atom is 0.409 e. The Bertz CT molecular complexity index is 492. The number of aromatic nitrogens is 1. The van der Waals surface area contributed by atoms with E-state index in [2.05, 4.69) is 27.0 Å². The first-order valence-electron chi connectivity index (χ1n) is 6.16. The van der Waals surface area contributed by atoms with Crippen LogP contribution in [0.5, 0.6) is 0 Å². The van der Waals surface area contributed by atoms with Crippen LogP contribution in [0.15, 0.2) is 16.7 Å². The Morgan fingerprint density at radius 1 is 1.56 bits per heavy atom. The molecule has 2 atom stereocenters. The number of rotatable bonds is 0. The number of carbonyl (C=O) groups excluding carboxylic acids is 1. The number of methoxy groups -OCH3 is 1. The molecule has 0 aromatic carbocycles. The van der Waals surface area contributed by atoms with Gasteiger partial charge in [-0.3, -0.25) is 4.98 Å². The van der Waals surface area contributed by atoms with E-state index in [1.54, 1.807) is 0 Å². The number of carbonyl (C=O) groups is 1. The Kier molecular flexibility index (Phi) is 3.01. The monoisotopic (exact) mass is 310 g/mol. The smallest absolute Gasteiger partial charge is 0.409 e. The van der Waals surface area contributed by atoms with Crippen molar-refractivity contribution in [2.75, 3.05) is 20.2 Å². The standard InChI is InChI=1S/C13H15BrN2O2/c1-18-13(17)16-6-8-2-3-12-10(11(8)7-16)4-9(14)5-15-12/h4-5,8,11H,2-3,6-7H2,1H3. The highest BCUT2D eigenvalue weighted by molar-refractivity contribution is 9.10. The lowest BCUT2D eigenvalue weighted by atomic mass is 9.79. The Hall–Kier alpha value is -1.10. The fourth-order valence-corrected chi connectivity index (χ4v) is 3.48. The summed E-state index contributed by atoms with van der Waals surface area (Å²) in [5.41, 5.74) is 2.48. The van der Waals surface area contributed by atoms with Crippen molar-refractivity contribution in [1.82, 2.24) is 9.88 Å². The molecule has 1 aliphatic carbocycles. The molecular weight excluding hydrogens is 296 g/mol. The Morgan fingerprint density at radius 2 is 2.39 bits per heavy atom. The minimum Gasteiger partial charge on any atom is -0.453 e. The summed E-state index contributed by atoms with van der Waals surface area (Å²) in [7, 11) is 1.44. The van der Waals surface area contributed by atoms with E-state index in [0.29, 0.717) is 11.8 Å². The van der Waals surface area contributed by atoms with Gasteiger partial charge in [0.05, 0.1) is 7.11 Å². The summed E-state index contributed by atoms with van der Waals surface area (Å²) in [4.78, 5) is 17.9. The molecule has 0 bridgehead atoms. The van der Waals surface area contributed by atoms with E-state index in [1.807, 2.05) is 11.1 Å². The fourth-order valence-electron chi connectivity index (χ4n) is 3.13. The molecule has 0 radical (unpaired) electrons. The van der Waals surface area contributed by atoms with Gasteiger partial charge in [-0.15, -0.1) is 0 Å². The first-order chi connectivity index (χ1) is 8.69. The quantitative estimate of drug-likeness (QED) is 0.739. The van der Waals surface area contributed by atoms with E-state index in [-0.39, 0.29) is 6.09 Å². The largest absolute Gasteiger partial charge is 0.453 e. The van der Waals surface area contributed by atoms with E-state index >= 15 is 0 Å². The Morgan fingerprint density at radius 3 is 3.17 bits per heavy atom. The topological polar surface area (TPSA) is 42.4 Å². The highest BCUT2D eigenvalue weighted by Crippen LogP contribution is 2.41. The van der Waals surface area contributed by atoms with E-state index in [0.717, 1.165) is 30.4 Å². The molecule has 1 amide bonds. The van der Waals surface area contributed by atoms with Gasteiger partial charge in [0.25, 0.3) is 0 Å². The van der Waals surface area contributed by atoms with Crippen molar-refractivity contribution >= 4 is 22.0 Å². The van der Waals surface area contributed by atoms with Gasteiger partial charge in [-0.25, -0.2) is 4.79 Å². The molecule has 1 aromatic rings. The zero-order chi connectivity index (χ0) is 12.7. The van der Waals surface area contributed by atoms with Crippen LogP contribution in [0, 0.1) is 5.92 Å². The van der Waals surface area contributed by atoms with Gasteiger partial charge < -0.3 is 9.64 Å². The number of hydrogen-bond donors (Lipinski definition) is 0. The lowest BCUT2D eigenvalue weighted by Crippen LogP contribution is -2.28. The third-order valence-electron chi connectivity index (χ3n) is 4.00. The second-order valence-electron chi connectivity index (χ2n) is 4.97. The molecule has 1 fully saturated rings. The number of ether oxygens (including phenoxy) is 1. The first-order valence-corrected chi connectivity index (χ1v) is 6.95. The van der Waals surface area contributed by atoms with Crippen LogP contribution < -0.4 is 0 Å². The Balaban J connectivity index is 1.90. The van der Waals surface area contributed by atoms with Crippen molar-refractivity contribution < 1.29 is 9.53 Å². The van der Waals surface area contributed by atoms with Crippen LogP contribution in [-0.4, -0.2) is 36.2 Å². The molecule has 4 nitrogen and oxygen atoms in total. The average molecular weight is 311 g/mol. The van der Waals surface area contributed by atoms with Crippen molar-refractivity contribution in [1.29, 1.82) is 0 Å². The number of likely N-dealkylation sites (tertiary alicyclic amines) is 1. The molecule has 0 saturated carbocycles. The summed E-state index contributed by atoms with van der Waals surface area (Å²) in [6.45, 7) is 1.56. The highest BCUT2D eigenvalue weighted by atomic mass is 79.9. The molecule has 5 heteroatoms. The lowest BCUT2D eigenvalue weighted by Gasteiger charge is -2.26. The summed E-state index contributed by atoms with van der Waals surface area (Å²) in [6.07, 6.45) is 3.76. The van der Waals surface area contributed by atoms with Gasteiger partial charge in [-0.2, -0.15) is 0 Å². The van der Waals surface area contributed by atoms with Gasteiger partial charge in [0.1, 0.15) is 0 Å². The molecule has 2 aliphatic rings. The average Bonchev–Trinajstić information content (AvgIpc) is 2.82. The van der Waals surface area contributed by atoms with Gasteiger partial charge in [-0.1, -0.05) is 0 Å². The molecular formula is C13H15BrN2O2. The van der Waals surface area contributed by atoms with Crippen LogP contribution >= 0.6 is 15.9 Å². The summed E-state index contributed by atoms with van der Waals surface area (Å²) in [5.74, 6) is 0.963. The SMILES string of the molecule is COC(=O)N1CC2CCc3ncc(Br)cc3C2C1.